The van der Waals surface area contributed by atoms with E-state index in [2.05, 4.69) is 59.1 Å². The van der Waals surface area contributed by atoms with Gasteiger partial charge in [0.15, 0.2) is 0 Å². The van der Waals surface area contributed by atoms with Crippen LogP contribution in [0.5, 0.6) is 5.75 Å². The van der Waals surface area contributed by atoms with Crippen molar-refractivity contribution < 1.29 is 9.53 Å². The van der Waals surface area contributed by atoms with Crippen molar-refractivity contribution in [2.24, 2.45) is 0 Å². The first kappa shape index (κ1) is 20.5. The summed E-state index contributed by atoms with van der Waals surface area (Å²) >= 11 is 3.58. The number of halogens is 1. The summed E-state index contributed by atoms with van der Waals surface area (Å²) in [6, 6.07) is 14.1. The molecule has 0 aliphatic heterocycles. The molecule has 0 fully saturated rings. The lowest BCUT2D eigenvalue weighted by atomic mass is 9.87. The Morgan fingerprint density at radius 1 is 1.18 bits per heavy atom. The van der Waals surface area contributed by atoms with Crippen molar-refractivity contribution >= 4 is 38.4 Å². The van der Waals surface area contributed by atoms with Crippen LogP contribution in [-0.4, -0.2) is 17.5 Å². The first-order chi connectivity index (χ1) is 13.2. The summed E-state index contributed by atoms with van der Waals surface area (Å²) in [6.45, 7) is 9.05. The molecule has 2 N–H and O–H groups in total. The van der Waals surface area contributed by atoms with E-state index in [0.717, 1.165) is 32.5 Å². The second-order valence-corrected chi connectivity index (χ2v) is 8.97. The molecule has 1 amide bonds. The van der Waals surface area contributed by atoms with Gasteiger partial charge >= 0.3 is 0 Å². The highest BCUT2D eigenvalue weighted by atomic mass is 79.9. The first-order valence-corrected chi connectivity index (χ1v) is 10.3. The molecule has 0 aliphatic carbocycles. The second kappa shape index (κ2) is 8.39. The molecule has 0 unspecified atom stereocenters. The lowest BCUT2D eigenvalue weighted by Crippen LogP contribution is -2.13. The Hall–Kier alpha value is -2.27. The van der Waals surface area contributed by atoms with E-state index in [1.165, 1.54) is 5.56 Å². The number of hydrogen-bond donors (Lipinski definition) is 2. The summed E-state index contributed by atoms with van der Waals surface area (Å²) in [5, 5.41) is 4.04. The van der Waals surface area contributed by atoms with E-state index in [0.29, 0.717) is 19.4 Å². The van der Waals surface area contributed by atoms with Crippen LogP contribution < -0.4 is 10.1 Å². The lowest BCUT2D eigenvalue weighted by molar-refractivity contribution is -0.116. The number of amides is 1. The Morgan fingerprint density at radius 2 is 1.96 bits per heavy atom. The molecular weight excluding hydrogens is 416 g/mol. The summed E-state index contributed by atoms with van der Waals surface area (Å²) < 4.78 is 6.79. The number of hydrogen-bond acceptors (Lipinski definition) is 2. The number of aromatic nitrogens is 1. The van der Waals surface area contributed by atoms with Crippen molar-refractivity contribution in [3.8, 4) is 5.75 Å². The number of H-pyrrole nitrogens is 1. The molecule has 0 saturated heterocycles. The maximum Gasteiger partial charge on any atom is 0.224 e. The van der Waals surface area contributed by atoms with Gasteiger partial charge in [-0.25, -0.2) is 0 Å². The number of aromatic amines is 1. The Morgan fingerprint density at radius 3 is 2.68 bits per heavy atom. The fourth-order valence-electron chi connectivity index (χ4n) is 3.12. The van der Waals surface area contributed by atoms with E-state index in [1.807, 2.05) is 37.3 Å². The van der Waals surface area contributed by atoms with Gasteiger partial charge in [-0.3, -0.25) is 4.79 Å². The molecule has 148 valence electrons. The normalized spacial score (nSPS) is 11.6. The molecule has 1 aromatic heterocycles. The maximum absolute atomic E-state index is 12.3. The van der Waals surface area contributed by atoms with Gasteiger partial charge in [0.2, 0.25) is 5.91 Å². The lowest BCUT2D eigenvalue weighted by Gasteiger charge is -2.20. The fourth-order valence-corrected chi connectivity index (χ4v) is 3.61. The van der Waals surface area contributed by atoms with Gasteiger partial charge in [0, 0.05) is 23.0 Å². The molecule has 5 heteroatoms. The van der Waals surface area contributed by atoms with Crippen molar-refractivity contribution in [3.63, 3.8) is 0 Å². The molecule has 1 heterocycles. The van der Waals surface area contributed by atoms with E-state index in [4.69, 9.17) is 4.74 Å². The smallest absolute Gasteiger partial charge is 0.224 e. The number of carbonyl (C=O) groups excluding carboxylic acids is 1. The molecule has 3 aromatic rings. The van der Waals surface area contributed by atoms with E-state index >= 15 is 0 Å². The molecule has 4 nitrogen and oxygen atoms in total. The summed E-state index contributed by atoms with van der Waals surface area (Å²) in [7, 11) is 0. The monoisotopic (exact) mass is 442 g/mol. The number of aryl methyl sites for hydroxylation is 1. The van der Waals surface area contributed by atoms with Crippen molar-refractivity contribution in [1.29, 1.82) is 0 Å². The van der Waals surface area contributed by atoms with Crippen LogP contribution in [0.4, 0.5) is 5.69 Å². The van der Waals surface area contributed by atoms with Gasteiger partial charge in [-0.05, 0) is 70.6 Å². The molecule has 0 aliphatic rings. The maximum atomic E-state index is 12.3. The number of carbonyl (C=O) groups is 1. The molecule has 28 heavy (non-hydrogen) atoms. The van der Waals surface area contributed by atoms with E-state index in [1.54, 1.807) is 0 Å². The second-order valence-electron chi connectivity index (χ2n) is 8.11. The van der Waals surface area contributed by atoms with Gasteiger partial charge in [-0.1, -0.05) is 32.9 Å². The van der Waals surface area contributed by atoms with E-state index in [-0.39, 0.29) is 11.3 Å². The van der Waals surface area contributed by atoms with Crippen LogP contribution in [-0.2, 0) is 10.2 Å². The third-order valence-corrected chi connectivity index (χ3v) is 5.30. The predicted octanol–water partition coefficient (Wildman–Crippen LogP) is 6.33. The Bertz CT molecular complexity index is 986. The van der Waals surface area contributed by atoms with Crippen LogP contribution in [0, 0.1) is 6.92 Å². The SMILES string of the molecule is Cc1cc2c(NC(=O)CCCOc3ccc(C(C)(C)C)cc3Br)cccc2[nH]1. The van der Waals surface area contributed by atoms with Gasteiger partial charge in [0.25, 0.3) is 0 Å². The Labute approximate surface area is 174 Å². The number of ether oxygens (including phenoxy) is 1. The number of fused-ring (bicyclic) bond motifs is 1. The molecule has 0 spiro atoms. The summed E-state index contributed by atoms with van der Waals surface area (Å²) in [4.78, 5) is 15.6. The highest BCUT2D eigenvalue weighted by molar-refractivity contribution is 9.10. The number of nitrogens with one attached hydrogen (secondary N) is 2. The molecule has 0 atom stereocenters. The zero-order chi connectivity index (χ0) is 20.3. The van der Waals surface area contributed by atoms with E-state index < -0.39 is 0 Å². The van der Waals surface area contributed by atoms with Gasteiger partial charge in [0.05, 0.1) is 16.8 Å². The largest absolute Gasteiger partial charge is 0.492 e. The highest BCUT2D eigenvalue weighted by Crippen LogP contribution is 2.31. The molecule has 0 radical (unpaired) electrons. The van der Waals surface area contributed by atoms with Crippen LogP contribution in [0.2, 0.25) is 0 Å². The zero-order valence-electron chi connectivity index (χ0n) is 16.9. The standard InChI is InChI=1S/C23H27BrN2O2/c1-15-13-17-19(25-15)7-5-8-20(17)26-22(27)9-6-12-28-21-11-10-16(14-18(21)24)23(2,3)4/h5,7-8,10-11,13-14,25H,6,9,12H2,1-4H3,(H,26,27). The van der Waals surface area contributed by atoms with Gasteiger partial charge in [0.1, 0.15) is 5.75 Å². The van der Waals surface area contributed by atoms with Crippen molar-refractivity contribution in [2.75, 3.05) is 11.9 Å². The number of anilines is 1. The van der Waals surface area contributed by atoms with Gasteiger partial charge in [-0.15, -0.1) is 0 Å². The molecule has 3 rings (SSSR count). The highest BCUT2D eigenvalue weighted by Gasteiger charge is 2.15. The predicted molar refractivity (Wildman–Crippen MR) is 119 cm³/mol. The Balaban J connectivity index is 1.51. The van der Waals surface area contributed by atoms with Crippen LogP contribution in [0.15, 0.2) is 46.9 Å². The molecular formula is C23H27BrN2O2. The fraction of sp³-hybridized carbons (Fsp3) is 0.348. The average Bonchev–Trinajstić information content (AvgIpc) is 3.00. The van der Waals surface area contributed by atoms with Gasteiger partial charge in [-0.2, -0.15) is 0 Å². The molecule has 0 saturated carbocycles. The molecule has 0 bridgehead atoms. The summed E-state index contributed by atoms with van der Waals surface area (Å²) in [5.74, 6) is 0.804. The summed E-state index contributed by atoms with van der Waals surface area (Å²) in [5.41, 5.74) is 4.30. The first-order valence-electron chi connectivity index (χ1n) is 9.55. The van der Waals surface area contributed by atoms with Crippen LogP contribution in [0.3, 0.4) is 0 Å². The minimum atomic E-state index is -0.00269. The Kier molecular flexibility index (Phi) is 6.14. The zero-order valence-corrected chi connectivity index (χ0v) is 18.4. The average molecular weight is 443 g/mol. The minimum Gasteiger partial charge on any atom is -0.492 e. The van der Waals surface area contributed by atoms with Gasteiger partial charge < -0.3 is 15.0 Å². The van der Waals surface area contributed by atoms with Crippen LogP contribution in [0.1, 0.15) is 44.9 Å². The third-order valence-electron chi connectivity index (χ3n) is 4.68. The van der Waals surface area contributed by atoms with Crippen molar-refractivity contribution in [3.05, 3.63) is 58.2 Å². The van der Waals surface area contributed by atoms with Crippen LogP contribution in [0.25, 0.3) is 10.9 Å². The summed E-state index contributed by atoms with van der Waals surface area (Å²) in [6.07, 6.45) is 1.07. The van der Waals surface area contributed by atoms with Crippen molar-refractivity contribution in [2.45, 2.75) is 46.0 Å². The quantitative estimate of drug-likeness (QED) is 0.437. The van der Waals surface area contributed by atoms with Crippen LogP contribution >= 0.6 is 15.9 Å². The number of rotatable bonds is 6. The third kappa shape index (κ3) is 4.96. The molecule has 2 aromatic carbocycles. The topological polar surface area (TPSA) is 54.1 Å². The minimum absolute atomic E-state index is 0.00269. The van der Waals surface area contributed by atoms with E-state index in [9.17, 15) is 4.79 Å². The number of benzene rings is 2. The van der Waals surface area contributed by atoms with Crippen molar-refractivity contribution in [1.82, 2.24) is 4.98 Å².